The molecule has 3 heteroatoms. The van der Waals surface area contributed by atoms with Crippen LogP contribution in [0.2, 0.25) is 0 Å². The van der Waals surface area contributed by atoms with Gasteiger partial charge >= 0.3 is 0 Å². The van der Waals surface area contributed by atoms with Gasteiger partial charge in [0.15, 0.2) is 0 Å². The summed E-state index contributed by atoms with van der Waals surface area (Å²) >= 11 is 0. The maximum atomic E-state index is 8.57. The van der Waals surface area contributed by atoms with Gasteiger partial charge in [-0.1, -0.05) is 6.42 Å². The fourth-order valence-electron chi connectivity index (χ4n) is 1.33. The van der Waals surface area contributed by atoms with Gasteiger partial charge in [-0.05, 0) is 19.3 Å². The summed E-state index contributed by atoms with van der Waals surface area (Å²) in [6.45, 7) is 2.09. The Morgan fingerprint density at radius 3 is 3.08 bits per heavy atom. The number of nitrogens with zero attached hydrogens (tertiary/aromatic N) is 1. The van der Waals surface area contributed by atoms with Gasteiger partial charge in [-0.2, -0.15) is 0 Å². The smallest absolute Gasteiger partial charge is 0.0963 e. The SMILES string of the molecule is OCCCNC1=NCCCCC1. The van der Waals surface area contributed by atoms with E-state index < -0.39 is 0 Å². The Morgan fingerprint density at radius 2 is 2.25 bits per heavy atom. The van der Waals surface area contributed by atoms with Crippen molar-refractivity contribution in [2.75, 3.05) is 19.7 Å². The van der Waals surface area contributed by atoms with E-state index in [0.717, 1.165) is 31.8 Å². The standard InChI is InChI=1S/C9H18N2O/c12-8-4-7-11-9-5-2-1-3-6-10-9/h12H,1-8H2,(H,10,11). The van der Waals surface area contributed by atoms with E-state index in [1.807, 2.05) is 0 Å². The van der Waals surface area contributed by atoms with Crippen LogP contribution in [0.1, 0.15) is 32.1 Å². The molecular formula is C9H18N2O. The Labute approximate surface area is 73.9 Å². The minimum absolute atomic E-state index is 0.264. The largest absolute Gasteiger partial charge is 0.396 e. The second-order valence-electron chi connectivity index (χ2n) is 3.14. The van der Waals surface area contributed by atoms with Crippen LogP contribution in [0.15, 0.2) is 4.99 Å². The fourth-order valence-corrected chi connectivity index (χ4v) is 1.33. The predicted molar refractivity (Wildman–Crippen MR) is 50.5 cm³/mol. The van der Waals surface area contributed by atoms with Crippen LogP contribution in [0, 0.1) is 0 Å². The second kappa shape index (κ2) is 6.00. The number of hydrogen-bond acceptors (Lipinski definition) is 3. The maximum Gasteiger partial charge on any atom is 0.0963 e. The highest BCUT2D eigenvalue weighted by atomic mass is 16.3. The fraction of sp³-hybridized carbons (Fsp3) is 0.889. The lowest BCUT2D eigenvalue weighted by atomic mass is 10.2. The van der Waals surface area contributed by atoms with Crippen molar-refractivity contribution in [3.63, 3.8) is 0 Å². The van der Waals surface area contributed by atoms with Crippen molar-refractivity contribution in [2.45, 2.75) is 32.1 Å². The molecule has 0 saturated carbocycles. The van der Waals surface area contributed by atoms with Crippen LogP contribution >= 0.6 is 0 Å². The van der Waals surface area contributed by atoms with E-state index in [2.05, 4.69) is 10.3 Å². The zero-order valence-electron chi connectivity index (χ0n) is 7.55. The third-order valence-electron chi connectivity index (χ3n) is 2.04. The van der Waals surface area contributed by atoms with Crippen molar-refractivity contribution in [1.29, 1.82) is 0 Å². The summed E-state index contributed by atoms with van der Waals surface area (Å²) in [6, 6.07) is 0. The van der Waals surface area contributed by atoms with Crippen molar-refractivity contribution in [3.8, 4) is 0 Å². The molecule has 0 aromatic carbocycles. The van der Waals surface area contributed by atoms with Crippen LogP contribution in [0.5, 0.6) is 0 Å². The molecule has 0 spiro atoms. The third-order valence-corrected chi connectivity index (χ3v) is 2.04. The van der Waals surface area contributed by atoms with Gasteiger partial charge in [-0.3, -0.25) is 4.99 Å². The summed E-state index contributed by atoms with van der Waals surface area (Å²) in [5.41, 5.74) is 0. The van der Waals surface area contributed by atoms with Crippen molar-refractivity contribution >= 4 is 5.84 Å². The molecule has 1 rings (SSSR count). The topological polar surface area (TPSA) is 44.6 Å². The molecule has 1 heterocycles. The number of aliphatic hydroxyl groups is 1. The lowest BCUT2D eigenvalue weighted by Crippen LogP contribution is -2.24. The highest BCUT2D eigenvalue weighted by Gasteiger charge is 2.02. The number of nitrogens with one attached hydrogen (secondary N) is 1. The molecule has 0 aliphatic carbocycles. The molecule has 0 unspecified atom stereocenters. The summed E-state index contributed by atoms with van der Waals surface area (Å²) in [4.78, 5) is 4.42. The van der Waals surface area contributed by atoms with Gasteiger partial charge in [0.05, 0.1) is 5.84 Å². The van der Waals surface area contributed by atoms with Gasteiger partial charge in [-0.15, -0.1) is 0 Å². The molecule has 70 valence electrons. The van der Waals surface area contributed by atoms with Gasteiger partial charge in [0, 0.05) is 26.1 Å². The van der Waals surface area contributed by atoms with E-state index in [9.17, 15) is 0 Å². The van der Waals surface area contributed by atoms with Crippen LogP contribution in [0.4, 0.5) is 0 Å². The van der Waals surface area contributed by atoms with Crippen LogP contribution in [-0.4, -0.2) is 30.6 Å². The molecule has 0 bridgehead atoms. The molecule has 0 saturated heterocycles. The predicted octanol–water partition coefficient (Wildman–Crippen LogP) is 0.931. The molecule has 0 atom stereocenters. The zero-order valence-corrected chi connectivity index (χ0v) is 7.55. The molecular weight excluding hydrogens is 152 g/mol. The van der Waals surface area contributed by atoms with E-state index in [4.69, 9.17) is 5.11 Å². The van der Waals surface area contributed by atoms with Gasteiger partial charge in [0.1, 0.15) is 0 Å². The molecule has 2 N–H and O–H groups in total. The summed E-state index contributed by atoms with van der Waals surface area (Å²) in [5.74, 6) is 1.14. The zero-order chi connectivity index (χ0) is 8.65. The van der Waals surface area contributed by atoms with E-state index >= 15 is 0 Å². The Morgan fingerprint density at radius 1 is 1.33 bits per heavy atom. The molecule has 0 aromatic rings. The number of aliphatic hydroxyl groups excluding tert-OH is 1. The lowest BCUT2D eigenvalue weighted by molar-refractivity contribution is 0.289. The Balaban J connectivity index is 2.15. The number of amidine groups is 1. The number of rotatable bonds is 3. The Hall–Kier alpha value is -0.570. The van der Waals surface area contributed by atoms with E-state index in [-0.39, 0.29) is 6.61 Å². The number of aliphatic imine (C=N–C) groups is 1. The lowest BCUT2D eigenvalue weighted by Gasteiger charge is -2.06. The summed E-state index contributed by atoms with van der Waals surface area (Å²) in [6.07, 6.45) is 5.69. The van der Waals surface area contributed by atoms with Gasteiger partial charge in [0.25, 0.3) is 0 Å². The number of hydrogen-bond donors (Lipinski definition) is 2. The normalized spacial score (nSPS) is 18.2. The molecule has 3 nitrogen and oxygen atoms in total. The monoisotopic (exact) mass is 170 g/mol. The third kappa shape index (κ3) is 3.72. The first-order valence-corrected chi connectivity index (χ1v) is 4.81. The molecule has 0 aromatic heterocycles. The molecule has 12 heavy (non-hydrogen) atoms. The van der Waals surface area contributed by atoms with Gasteiger partial charge < -0.3 is 10.4 Å². The first-order valence-electron chi connectivity index (χ1n) is 4.81. The average Bonchev–Trinajstić information content (AvgIpc) is 2.33. The first-order chi connectivity index (χ1) is 5.93. The second-order valence-corrected chi connectivity index (χ2v) is 3.14. The first kappa shape index (κ1) is 9.52. The molecule has 1 aliphatic rings. The quantitative estimate of drug-likeness (QED) is 0.619. The molecule has 0 amide bonds. The summed E-state index contributed by atoms with van der Waals surface area (Å²) in [5, 5.41) is 11.8. The van der Waals surface area contributed by atoms with Crippen molar-refractivity contribution < 1.29 is 5.11 Å². The molecule has 1 aliphatic heterocycles. The average molecular weight is 170 g/mol. The minimum atomic E-state index is 0.264. The molecule has 0 fully saturated rings. The van der Waals surface area contributed by atoms with E-state index in [1.54, 1.807) is 0 Å². The Bertz CT molecular complexity index is 145. The van der Waals surface area contributed by atoms with Crippen LogP contribution in [0.25, 0.3) is 0 Å². The summed E-state index contributed by atoms with van der Waals surface area (Å²) < 4.78 is 0. The molecule has 0 radical (unpaired) electrons. The van der Waals surface area contributed by atoms with E-state index in [0.29, 0.717) is 0 Å². The van der Waals surface area contributed by atoms with Gasteiger partial charge in [-0.25, -0.2) is 0 Å². The van der Waals surface area contributed by atoms with Gasteiger partial charge in [0.2, 0.25) is 0 Å². The van der Waals surface area contributed by atoms with Crippen LogP contribution in [0.3, 0.4) is 0 Å². The highest BCUT2D eigenvalue weighted by molar-refractivity contribution is 5.82. The highest BCUT2D eigenvalue weighted by Crippen LogP contribution is 2.05. The van der Waals surface area contributed by atoms with Crippen molar-refractivity contribution in [2.24, 2.45) is 4.99 Å². The minimum Gasteiger partial charge on any atom is -0.396 e. The summed E-state index contributed by atoms with van der Waals surface area (Å²) in [7, 11) is 0. The maximum absolute atomic E-state index is 8.57. The van der Waals surface area contributed by atoms with Crippen molar-refractivity contribution in [3.05, 3.63) is 0 Å². The Kier molecular flexibility index (Phi) is 4.76. The van der Waals surface area contributed by atoms with E-state index in [1.165, 1.54) is 19.3 Å². The van der Waals surface area contributed by atoms with Crippen LogP contribution in [-0.2, 0) is 0 Å². The van der Waals surface area contributed by atoms with Crippen LogP contribution < -0.4 is 5.32 Å². The van der Waals surface area contributed by atoms with Crippen molar-refractivity contribution in [1.82, 2.24) is 5.32 Å².